The Hall–Kier alpha value is -2.11. The first kappa shape index (κ1) is 21.9. The Morgan fingerprint density at radius 1 is 1.08 bits per heavy atom. The number of nitrogens with zero attached hydrogens (tertiary/aromatic N) is 1. The highest BCUT2D eigenvalue weighted by Crippen LogP contribution is 2.18. The molecule has 0 aromatic rings. The quantitative estimate of drug-likeness (QED) is 0.626. The van der Waals surface area contributed by atoms with Crippen molar-refractivity contribution in [1.29, 1.82) is 0 Å². The molecule has 6 heteroatoms. The largest absolute Gasteiger partial charge is 0.478 e. The van der Waals surface area contributed by atoms with Crippen LogP contribution in [0, 0.1) is 0 Å². The van der Waals surface area contributed by atoms with E-state index in [0.29, 0.717) is 32.1 Å². The summed E-state index contributed by atoms with van der Waals surface area (Å²) >= 11 is 0. The van der Waals surface area contributed by atoms with Gasteiger partial charge in [0.1, 0.15) is 0 Å². The van der Waals surface area contributed by atoms with Gasteiger partial charge in [-0.1, -0.05) is 33.3 Å². The third-order valence-electron chi connectivity index (χ3n) is 3.77. The van der Waals surface area contributed by atoms with Gasteiger partial charge in [0.25, 0.3) is 0 Å². The summed E-state index contributed by atoms with van der Waals surface area (Å²) in [5, 5.41) is 18.0. The van der Waals surface area contributed by atoms with Crippen LogP contribution in [0.2, 0.25) is 0 Å². The van der Waals surface area contributed by atoms with Gasteiger partial charge in [0.2, 0.25) is 5.91 Å². The molecule has 1 aliphatic rings. The van der Waals surface area contributed by atoms with E-state index in [2.05, 4.69) is 6.58 Å². The van der Waals surface area contributed by atoms with Crippen LogP contribution in [0.5, 0.6) is 0 Å². The Kier molecular flexibility index (Phi) is 11.2. The molecule has 0 spiro atoms. The lowest BCUT2D eigenvalue weighted by Crippen LogP contribution is -2.16. The first-order chi connectivity index (χ1) is 11.4. The molecule has 1 amide bonds. The van der Waals surface area contributed by atoms with Crippen LogP contribution in [0.3, 0.4) is 0 Å². The van der Waals surface area contributed by atoms with Gasteiger partial charge in [0.15, 0.2) is 0 Å². The number of likely N-dealkylation sites (tertiary alicyclic amines) is 1. The number of hydrogen-bond acceptors (Lipinski definition) is 3. The van der Waals surface area contributed by atoms with Gasteiger partial charge in [-0.15, -0.1) is 0 Å². The molecule has 1 saturated heterocycles. The molecule has 2 N–H and O–H groups in total. The van der Waals surface area contributed by atoms with E-state index in [4.69, 9.17) is 10.2 Å². The van der Waals surface area contributed by atoms with Crippen LogP contribution >= 0.6 is 0 Å². The molecule has 0 atom stereocenters. The highest BCUT2D eigenvalue weighted by molar-refractivity contribution is 5.98. The van der Waals surface area contributed by atoms with Crippen LogP contribution in [-0.2, 0) is 14.4 Å². The molecule has 1 rings (SSSR count). The maximum Gasteiger partial charge on any atom is 0.332 e. The summed E-state index contributed by atoms with van der Waals surface area (Å²) in [6, 6.07) is 0. The second-order valence-corrected chi connectivity index (χ2v) is 5.65. The van der Waals surface area contributed by atoms with Gasteiger partial charge in [0.05, 0.1) is 0 Å². The van der Waals surface area contributed by atoms with Gasteiger partial charge in [-0.05, 0) is 38.3 Å². The Morgan fingerprint density at radius 2 is 1.54 bits per heavy atom. The predicted octanol–water partition coefficient (Wildman–Crippen LogP) is 3.58. The molecule has 0 unspecified atom stereocenters. The van der Waals surface area contributed by atoms with Crippen LogP contribution < -0.4 is 0 Å². The summed E-state index contributed by atoms with van der Waals surface area (Å²) < 4.78 is 0. The lowest BCUT2D eigenvalue weighted by Gasteiger charge is -2.08. The topological polar surface area (TPSA) is 94.9 Å². The molecular formula is C18H29NO5. The minimum atomic E-state index is -1.10. The molecule has 0 saturated carbocycles. The van der Waals surface area contributed by atoms with Crippen LogP contribution in [0.15, 0.2) is 23.9 Å². The van der Waals surface area contributed by atoms with Crippen molar-refractivity contribution in [3.8, 4) is 0 Å². The predicted molar refractivity (Wildman–Crippen MR) is 92.5 cm³/mol. The highest BCUT2D eigenvalue weighted by Gasteiger charge is 2.19. The van der Waals surface area contributed by atoms with E-state index in [1.54, 1.807) is 11.1 Å². The van der Waals surface area contributed by atoms with Crippen molar-refractivity contribution in [1.82, 2.24) is 4.90 Å². The maximum atomic E-state index is 11.0. The number of carboxylic acid groups (broad SMARTS) is 2. The molecule has 0 radical (unpaired) electrons. The van der Waals surface area contributed by atoms with Crippen molar-refractivity contribution in [2.24, 2.45) is 0 Å². The van der Waals surface area contributed by atoms with Gasteiger partial charge in [-0.25, -0.2) is 9.59 Å². The van der Waals surface area contributed by atoms with Gasteiger partial charge >= 0.3 is 11.9 Å². The molecule has 0 aliphatic carbocycles. The minimum absolute atomic E-state index is 0.0720. The second-order valence-electron chi connectivity index (χ2n) is 5.65. The van der Waals surface area contributed by atoms with E-state index >= 15 is 0 Å². The first-order valence-corrected chi connectivity index (χ1v) is 8.49. The normalized spacial score (nSPS) is 14.6. The fourth-order valence-corrected chi connectivity index (χ4v) is 2.34. The van der Waals surface area contributed by atoms with E-state index in [-0.39, 0.29) is 17.1 Å². The van der Waals surface area contributed by atoms with Crippen molar-refractivity contribution < 1.29 is 24.6 Å². The third-order valence-corrected chi connectivity index (χ3v) is 3.77. The Balaban J connectivity index is 0.000000546. The van der Waals surface area contributed by atoms with E-state index in [1.165, 1.54) is 0 Å². The maximum absolute atomic E-state index is 11.0. The number of amides is 1. The summed E-state index contributed by atoms with van der Waals surface area (Å²) in [5.41, 5.74) is 0.144. The molecule has 24 heavy (non-hydrogen) atoms. The number of carboxylic acids is 2. The summed E-state index contributed by atoms with van der Waals surface area (Å²) in [5.74, 6) is -1.98. The Bertz CT molecular complexity index is 454. The molecular weight excluding hydrogens is 310 g/mol. The van der Waals surface area contributed by atoms with Gasteiger partial charge in [-0.3, -0.25) is 4.79 Å². The Morgan fingerprint density at radius 3 is 1.75 bits per heavy atom. The van der Waals surface area contributed by atoms with E-state index < -0.39 is 11.9 Å². The van der Waals surface area contributed by atoms with Crippen molar-refractivity contribution in [2.45, 2.75) is 65.2 Å². The zero-order chi connectivity index (χ0) is 18.5. The van der Waals surface area contributed by atoms with Gasteiger partial charge in [-0.2, -0.15) is 0 Å². The monoisotopic (exact) mass is 339 g/mol. The lowest BCUT2D eigenvalue weighted by molar-refractivity contribution is -0.136. The molecule has 0 aromatic heterocycles. The van der Waals surface area contributed by atoms with E-state index in [9.17, 15) is 14.4 Å². The molecule has 136 valence electrons. The number of unbranched alkanes of at least 4 members (excludes halogenated alkanes) is 2. The molecule has 6 nitrogen and oxygen atoms in total. The molecule has 1 aliphatic heterocycles. The van der Waals surface area contributed by atoms with Crippen molar-refractivity contribution in [3.05, 3.63) is 23.9 Å². The first-order valence-electron chi connectivity index (χ1n) is 8.49. The lowest BCUT2D eigenvalue weighted by atomic mass is 9.98. The molecule has 0 aromatic carbocycles. The number of carbonyl (C=O) groups is 3. The van der Waals surface area contributed by atoms with Crippen LogP contribution in [-0.4, -0.2) is 39.5 Å². The number of hydrogen-bond donors (Lipinski definition) is 2. The molecule has 0 bridgehead atoms. The third kappa shape index (κ3) is 7.94. The van der Waals surface area contributed by atoms with Crippen LogP contribution in [0.1, 0.15) is 65.2 Å². The van der Waals surface area contributed by atoms with E-state index in [0.717, 1.165) is 25.8 Å². The molecule has 1 heterocycles. The standard InChI is InChI=1S/C12H20O4.C6H9NO/c1-3-5-7-9(11(13)14)10(12(15)16)8-6-4-2;1-2-7-5-3-4-6(7)8/h3-8H2,1-2H3,(H,13,14)(H,15,16);2H,1,3-5H2/b10-9-;. The van der Waals surface area contributed by atoms with E-state index in [1.807, 2.05) is 13.8 Å². The van der Waals surface area contributed by atoms with Crippen molar-refractivity contribution in [3.63, 3.8) is 0 Å². The van der Waals surface area contributed by atoms with Crippen LogP contribution in [0.4, 0.5) is 0 Å². The zero-order valence-electron chi connectivity index (χ0n) is 14.7. The zero-order valence-corrected chi connectivity index (χ0v) is 14.7. The number of carbonyl (C=O) groups excluding carboxylic acids is 1. The fourth-order valence-electron chi connectivity index (χ4n) is 2.34. The van der Waals surface area contributed by atoms with Crippen LogP contribution in [0.25, 0.3) is 0 Å². The summed E-state index contributed by atoms with van der Waals surface area (Å²) in [7, 11) is 0. The van der Waals surface area contributed by atoms with Gasteiger partial charge in [0, 0.05) is 24.1 Å². The van der Waals surface area contributed by atoms with Crippen molar-refractivity contribution in [2.75, 3.05) is 6.54 Å². The average molecular weight is 339 g/mol. The number of aliphatic carboxylic acids is 2. The summed E-state index contributed by atoms with van der Waals surface area (Å²) in [6.07, 6.45) is 7.12. The van der Waals surface area contributed by atoms with Crippen molar-refractivity contribution >= 4 is 17.8 Å². The highest BCUT2D eigenvalue weighted by atomic mass is 16.4. The SMILES string of the molecule is C=CN1CCCC1=O.CCCC/C(C(=O)O)=C(\CCCC)C(=O)O. The average Bonchev–Trinajstić information content (AvgIpc) is 2.95. The summed E-state index contributed by atoms with van der Waals surface area (Å²) in [4.78, 5) is 34.3. The fraction of sp³-hybridized carbons (Fsp3) is 0.611. The molecule has 1 fully saturated rings. The minimum Gasteiger partial charge on any atom is -0.478 e. The number of rotatable bonds is 9. The Labute approximate surface area is 143 Å². The van der Waals surface area contributed by atoms with Gasteiger partial charge < -0.3 is 15.1 Å². The smallest absolute Gasteiger partial charge is 0.332 e. The second kappa shape index (κ2) is 12.3. The summed E-state index contributed by atoms with van der Waals surface area (Å²) in [6.45, 7) is 8.26.